The minimum atomic E-state index is -0.557. The highest BCUT2D eigenvalue weighted by molar-refractivity contribution is 6.21. The number of benzene rings is 1. The molecule has 3 aliphatic heterocycles. The molecule has 1 saturated carbocycles. The van der Waals surface area contributed by atoms with Crippen LogP contribution < -0.4 is 9.47 Å². The second-order valence-corrected chi connectivity index (χ2v) is 11.0. The number of hydrogen-bond acceptors (Lipinski definition) is 6. The molecule has 4 aliphatic rings. The predicted octanol–water partition coefficient (Wildman–Crippen LogP) is 4.42. The molecule has 0 bridgehead atoms. The Labute approximate surface area is 211 Å². The third-order valence-corrected chi connectivity index (χ3v) is 7.78. The van der Waals surface area contributed by atoms with Gasteiger partial charge in [0.25, 0.3) is 5.91 Å². The molecule has 0 aromatic heterocycles. The molecule has 1 amide bonds. The van der Waals surface area contributed by atoms with Crippen LogP contribution in [-0.2, 0) is 19.1 Å². The predicted molar refractivity (Wildman–Crippen MR) is 131 cm³/mol. The minimum Gasteiger partial charge on any atom is -0.493 e. The van der Waals surface area contributed by atoms with Gasteiger partial charge in [0, 0.05) is 18.5 Å². The summed E-state index contributed by atoms with van der Waals surface area (Å²) >= 11 is 6.43. The summed E-state index contributed by atoms with van der Waals surface area (Å²) in [4.78, 5) is 29.2. The number of ketones is 1. The first-order valence-corrected chi connectivity index (χ1v) is 13.1. The number of hydrogen-bond donors (Lipinski definition) is 0. The number of carbonyl (C=O) groups excluding carboxylic acids is 2. The lowest BCUT2D eigenvalue weighted by atomic mass is 9.77. The van der Waals surface area contributed by atoms with E-state index >= 15 is 0 Å². The fourth-order valence-electron chi connectivity index (χ4n) is 5.64. The Morgan fingerprint density at radius 1 is 1.17 bits per heavy atom. The molecule has 5 rings (SSSR count). The number of Topliss-reactive ketones (excluding diaryl/α,β-unsaturated/α-hetero) is 1. The van der Waals surface area contributed by atoms with Gasteiger partial charge in [-0.05, 0) is 55.7 Å². The van der Waals surface area contributed by atoms with Gasteiger partial charge in [-0.3, -0.25) is 9.59 Å². The molecule has 7 nitrogen and oxygen atoms in total. The normalized spacial score (nSPS) is 30.4. The van der Waals surface area contributed by atoms with Crippen LogP contribution in [0.5, 0.6) is 11.5 Å². The molecule has 5 atom stereocenters. The zero-order chi connectivity index (χ0) is 24.7. The number of nitrogens with zero attached hydrogens (tertiary/aromatic N) is 1. The van der Waals surface area contributed by atoms with Crippen molar-refractivity contribution in [2.45, 2.75) is 69.6 Å². The van der Waals surface area contributed by atoms with Gasteiger partial charge >= 0.3 is 0 Å². The van der Waals surface area contributed by atoms with Crippen LogP contribution >= 0.6 is 11.6 Å². The number of alkyl halides is 1. The molecule has 5 unspecified atom stereocenters. The van der Waals surface area contributed by atoms with Gasteiger partial charge in [-0.15, -0.1) is 11.6 Å². The van der Waals surface area contributed by atoms with Crippen LogP contribution in [0.25, 0.3) is 0 Å². The molecule has 190 valence electrons. The van der Waals surface area contributed by atoms with Crippen molar-refractivity contribution in [2.24, 2.45) is 11.8 Å². The van der Waals surface area contributed by atoms with Crippen LogP contribution in [0.1, 0.15) is 57.6 Å². The van der Waals surface area contributed by atoms with Gasteiger partial charge < -0.3 is 23.8 Å². The molecular weight excluding hydrogens is 470 g/mol. The van der Waals surface area contributed by atoms with E-state index in [0.717, 1.165) is 24.8 Å². The molecule has 1 aromatic carbocycles. The average Bonchev–Trinajstić information content (AvgIpc) is 3.45. The van der Waals surface area contributed by atoms with E-state index < -0.39 is 6.04 Å². The van der Waals surface area contributed by atoms with E-state index in [1.54, 1.807) is 12.0 Å². The molecule has 1 saturated heterocycles. The van der Waals surface area contributed by atoms with Gasteiger partial charge in [0.1, 0.15) is 6.10 Å². The summed E-state index contributed by atoms with van der Waals surface area (Å²) in [5.41, 5.74) is 1.24. The van der Waals surface area contributed by atoms with Gasteiger partial charge in [-0.25, -0.2) is 0 Å². The fraction of sp³-hybridized carbons (Fsp3) is 0.630. The van der Waals surface area contributed by atoms with Crippen molar-refractivity contribution in [1.82, 2.24) is 4.90 Å². The van der Waals surface area contributed by atoms with Crippen LogP contribution in [0.15, 0.2) is 29.5 Å². The molecule has 1 aromatic rings. The molecule has 3 heterocycles. The molecule has 0 spiro atoms. The van der Waals surface area contributed by atoms with Crippen molar-refractivity contribution in [2.75, 3.05) is 26.9 Å². The van der Waals surface area contributed by atoms with Gasteiger partial charge in [-0.1, -0.05) is 19.9 Å². The van der Waals surface area contributed by atoms with E-state index in [1.807, 2.05) is 18.2 Å². The smallest absolute Gasteiger partial charge is 0.290 e. The van der Waals surface area contributed by atoms with Crippen LogP contribution in [-0.4, -0.2) is 61.0 Å². The van der Waals surface area contributed by atoms with E-state index in [1.165, 1.54) is 0 Å². The summed E-state index contributed by atoms with van der Waals surface area (Å²) in [6.07, 6.45) is 3.55. The minimum absolute atomic E-state index is 0.0195. The Morgan fingerprint density at radius 3 is 2.71 bits per heavy atom. The van der Waals surface area contributed by atoms with Crippen LogP contribution in [0.4, 0.5) is 0 Å². The van der Waals surface area contributed by atoms with Crippen LogP contribution in [0, 0.1) is 11.8 Å². The van der Waals surface area contributed by atoms with Gasteiger partial charge in [0.15, 0.2) is 23.0 Å². The number of halogens is 1. The maximum absolute atomic E-state index is 13.8. The molecule has 35 heavy (non-hydrogen) atoms. The molecular formula is C27H34ClNO6. The highest BCUT2D eigenvalue weighted by atomic mass is 35.5. The molecule has 1 aliphatic carbocycles. The maximum atomic E-state index is 13.8. The Morgan fingerprint density at radius 2 is 2.00 bits per heavy atom. The zero-order valence-corrected chi connectivity index (χ0v) is 21.4. The lowest BCUT2D eigenvalue weighted by Crippen LogP contribution is -2.41. The topological polar surface area (TPSA) is 74.3 Å². The van der Waals surface area contributed by atoms with Crippen molar-refractivity contribution < 1.29 is 28.5 Å². The first-order valence-electron chi connectivity index (χ1n) is 12.7. The molecule has 8 heteroatoms. The van der Waals surface area contributed by atoms with Gasteiger partial charge in [-0.2, -0.15) is 0 Å². The summed E-state index contributed by atoms with van der Waals surface area (Å²) in [5.74, 6) is 1.20. The third kappa shape index (κ3) is 4.65. The van der Waals surface area contributed by atoms with Crippen molar-refractivity contribution in [1.29, 1.82) is 0 Å². The lowest BCUT2D eigenvalue weighted by Gasteiger charge is -2.37. The number of fused-ring (bicyclic) bond motifs is 1. The second kappa shape index (κ2) is 10.0. The van der Waals surface area contributed by atoms with Crippen molar-refractivity contribution in [3.05, 3.63) is 35.1 Å². The van der Waals surface area contributed by atoms with E-state index in [9.17, 15) is 9.59 Å². The lowest BCUT2D eigenvalue weighted by molar-refractivity contribution is -0.136. The Bertz CT molecular complexity index is 1020. The van der Waals surface area contributed by atoms with Gasteiger partial charge in [0.2, 0.25) is 0 Å². The molecule has 0 radical (unpaired) electrons. The summed E-state index contributed by atoms with van der Waals surface area (Å²) < 4.78 is 23.7. The number of ether oxygens (including phenoxy) is 4. The largest absolute Gasteiger partial charge is 0.493 e. The molecule has 2 fully saturated rings. The number of rotatable bonds is 7. The number of amides is 1. The summed E-state index contributed by atoms with van der Waals surface area (Å²) in [6, 6.07) is 5.09. The third-order valence-electron chi connectivity index (χ3n) is 7.38. The second-order valence-electron chi connectivity index (χ2n) is 10.4. The van der Waals surface area contributed by atoms with Crippen LogP contribution in [0.2, 0.25) is 0 Å². The summed E-state index contributed by atoms with van der Waals surface area (Å²) in [6.45, 7) is 5.83. The number of carbonyl (C=O) groups is 2. The standard InChI is InChI=1S/C27H34ClNO6/c1-15(2)14-34-21-8-6-16(11-22(21)32-3)24-23-25(30)19-12-17(28)7-9-20(19)35-26(23)27(31)29(24)13-18-5-4-10-33-18/h6,8,11,15,17-20,24H,4-5,7,9-10,12-14H2,1-3H3. The van der Waals surface area contributed by atoms with E-state index in [0.29, 0.717) is 55.6 Å². The SMILES string of the molecule is COc1cc(C2C3=C(OC4CCC(Cl)CC4C3=O)C(=O)N2CC2CCCO2)ccc1OCC(C)C. The monoisotopic (exact) mass is 503 g/mol. The van der Waals surface area contributed by atoms with Crippen LogP contribution in [0.3, 0.4) is 0 Å². The maximum Gasteiger partial charge on any atom is 0.290 e. The van der Waals surface area contributed by atoms with Gasteiger partial charge in [0.05, 0.1) is 37.4 Å². The Kier molecular flexibility index (Phi) is 6.99. The highest BCUT2D eigenvalue weighted by Gasteiger charge is 2.53. The molecule has 0 N–H and O–H groups in total. The zero-order valence-electron chi connectivity index (χ0n) is 20.6. The van der Waals surface area contributed by atoms with E-state index in [2.05, 4.69) is 13.8 Å². The fourth-order valence-corrected chi connectivity index (χ4v) is 5.95. The number of methoxy groups -OCH3 is 1. The summed E-state index contributed by atoms with van der Waals surface area (Å²) in [7, 11) is 1.60. The Balaban J connectivity index is 1.53. The summed E-state index contributed by atoms with van der Waals surface area (Å²) in [5, 5.41) is -0.0537. The quantitative estimate of drug-likeness (QED) is 0.513. The average molecular weight is 504 g/mol. The van der Waals surface area contributed by atoms with E-state index in [4.69, 9.17) is 30.5 Å². The Hall–Kier alpha value is -2.25. The van der Waals surface area contributed by atoms with Crippen molar-refractivity contribution in [3.63, 3.8) is 0 Å². The van der Waals surface area contributed by atoms with Crippen molar-refractivity contribution >= 4 is 23.3 Å². The van der Waals surface area contributed by atoms with Crippen molar-refractivity contribution in [3.8, 4) is 11.5 Å². The first-order chi connectivity index (χ1) is 16.9. The highest BCUT2D eigenvalue weighted by Crippen LogP contribution is 2.48. The van der Waals surface area contributed by atoms with E-state index in [-0.39, 0.29) is 41.0 Å². The first kappa shape index (κ1) is 24.4.